The van der Waals surface area contributed by atoms with Gasteiger partial charge in [0.1, 0.15) is 16.1 Å². The summed E-state index contributed by atoms with van der Waals surface area (Å²) in [7, 11) is 0. The predicted octanol–water partition coefficient (Wildman–Crippen LogP) is 4.79. The van der Waals surface area contributed by atoms with E-state index in [1.54, 1.807) is 0 Å². The molecule has 0 aliphatic heterocycles. The maximum atomic E-state index is 6.05. The van der Waals surface area contributed by atoms with Gasteiger partial charge in [-0.15, -0.1) is 0 Å². The average molecular weight is 352 g/mol. The van der Waals surface area contributed by atoms with Crippen LogP contribution in [0.25, 0.3) is 0 Å². The Morgan fingerprint density at radius 3 is 2.18 bits per heavy atom. The van der Waals surface area contributed by atoms with Crippen LogP contribution in [0.4, 0.5) is 0 Å². The monoisotopic (exact) mass is 350 g/mol. The van der Waals surface area contributed by atoms with Crippen LogP contribution in [0.5, 0.6) is 0 Å². The molecule has 0 saturated carbocycles. The van der Waals surface area contributed by atoms with Gasteiger partial charge in [0.25, 0.3) is 0 Å². The lowest BCUT2D eigenvalue weighted by molar-refractivity contribution is 0.963. The highest BCUT2D eigenvalue weighted by Crippen LogP contribution is 2.28. The molecule has 0 radical (unpaired) electrons. The van der Waals surface area contributed by atoms with Crippen LogP contribution in [-0.4, -0.2) is 9.97 Å². The Bertz CT molecular complexity index is 537. The van der Waals surface area contributed by atoms with Crippen molar-refractivity contribution >= 4 is 50.7 Å². The van der Waals surface area contributed by atoms with Crippen LogP contribution in [0, 0.1) is 0 Å². The Labute approximate surface area is 122 Å². The zero-order valence-electron chi connectivity index (χ0n) is 8.42. The van der Waals surface area contributed by atoms with Crippen molar-refractivity contribution in [3.63, 3.8) is 0 Å². The highest BCUT2D eigenvalue weighted by molar-refractivity contribution is 9.10. The fourth-order valence-electron chi connectivity index (χ4n) is 1.33. The van der Waals surface area contributed by atoms with E-state index in [1.807, 2.05) is 24.3 Å². The molecular formula is C11H6BrCl3N2. The minimum absolute atomic E-state index is 0.298. The minimum atomic E-state index is 0.298. The molecule has 0 bridgehead atoms. The van der Waals surface area contributed by atoms with Gasteiger partial charge >= 0.3 is 0 Å². The van der Waals surface area contributed by atoms with Gasteiger partial charge in [-0.05, 0) is 27.6 Å². The van der Waals surface area contributed by atoms with Crippen molar-refractivity contribution in [1.29, 1.82) is 0 Å². The molecule has 17 heavy (non-hydrogen) atoms. The standard InChI is InChI=1S/C11H6BrCl3N2/c12-9-10(14)16-8(17-11(9)15)5-6-3-1-2-4-7(6)13/h1-4H,5H2. The number of hydrogen-bond acceptors (Lipinski definition) is 2. The van der Waals surface area contributed by atoms with Crippen molar-refractivity contribution in [2.45, 2.75) is 6.42 Å². The first kappa shape index (κ1) is 13.1. The van der Waals surface area contributed by atoms with Gasteiger partial charge in [-0.2, -0.15) is 0 Å². The second-order valence-electron chi connectivity index (χ2n) is 3.30. The average Bonchev–Trinajstić information content (AvgIpc) is 2.29. The number of aromatic nitrogens is 2. The molecule has 0 N–H and O–H groups in total. The molecule has 1 heterocycles. The van der Waals surface area contributed by atoms with E-state index in [0.717, 1.165) is 5.56 Å². The molecule has 0 saturated heterocycles. The lowest BCUT2D eigenvalue weighted by Crippen LogP contribution is -1.98. The van der Waals surface area contributed by atoms with Crippen LogP contribution in [0.2, 0.25) is 15.3 Å². The van der Waals surface area contributed by atoms with Crippen molar-refractivity contribution < 1.29 is 0 Å². The van der Waals surface area contributed by atoms with E-state index in [0.29, 0.717) is 32.0 Å². The summed E-state index contributed by atoms with van der Waals surface area (Å²) >= 11 is 21.1. The molecule has 1 aromatic carbocycles. The van der Waals surface area contributed by atoms with Gasteiger partial charge in [0.15, 0.2) is 0 Å². The Balaban J connectivity index is 2.34. The van der Waals surface area contributed by atoms with Gasteiger partial charge in [0.05, 0.1) is 4.47 Å². The van der Waals surface area contributed by atoms with Crippen LogP contribution in [0.1, 0.15) is 11.4 Å². The van der Waals surface area contributed by atoms with Crippen LogP contribution in [0.15, 0.2) is 28.7 Å². The molecule has 0 aliphatic carbocycles. The van der Waals surface area contributed by atoms with Crippen LogP contribution >= 0.6 is 50.7 Å². The summed E-state index contributed by atoms with van der Waals surface area (Å²) in [6, 6.07) is 7.51. The molecule has 1 aromatic heterocycles. The van der Waals surface area contributed by atoms with Crippen LogP contribution in [-0.2, 0) is 6.42 Å². The molecule has 6 heteroatoms. The SMILES string of the molecule is Clc1ccccc1Cc1nc(Cl)c(Br)c(Cl)n1. The number of benzene rings is 1. The van der Waals surface area contributed by atoms with Gasteiger partial charge in [-0.3, -0.25) is 0 Å². The smallest absolute Gasteiger partial charge is 0.148 e. The molecule has 88 valence electrons. The molecule has 0 unspecified atom stereocenters. The summed E-state index contributed by atoms with van der Waals surface area (Å²) in [5.41, 5.74) is 0.934. The van der Waals surface area contributed by atoms with Crippen LogP contribution in [0.3, 0.4) is 0 Å². The predicted molar refractivity (Wildman–Crippen MR) is 74.0 cm³/mol. The third-order valence-electron chi connectivity index (χ3n) is 2.12. The van der Waals surface area contributed by atoms with Gasteiger partial charge < -0.3 is 0 Å². The van der Waals surface area contributed by atoms with Crippen molar-refractivity contribution in [1.82, 2.24) is 9.97 Å². The van der Waals surface area contributed by atoms with E-state index in [-0.39, 0.29) is 0 Å². The van der Waals surface area contributed by atoms with E-state index in [1.165, 1.54) is 0 Å². The van der Waals surface area contributed by atoms with Gasteiger partial charge in [0, 0.05) is 11.4 Å². The minimum Gasteiger partial charge on any atom is -0.220 e. The van der Waals surface area contributed by atoms with E-state index < -0.39 is 0 Å². The lowest BCUT2D eigenvalue weighted by atomic mass is 10.1. The molecule has 0 spiro atoms. The van der Waals surface area contributed by atoms with Gasteiger partial charge in [-0.1, -0.05) is 53.0 Å². The molecule has 0 fully saturated rings. The Hall–Kier alpha value is -0.350. The second-order valence-corrected chi connectivity index (χ2v) is 5.22. The third-order valence-corrected chi connectivity index (χ3v) is 4.25. The summed E-state index contributed by atoms with van der Waals surface area (Å²) in [4.78, 5) is 8.27. The Kier molecular flexibility index (Phi) is 4.26. The third kappa shape index (κ3) is 3.10. The first-order chi connectivity index (χ1) is 8.08. The molecule has 0 amide bonds. The van der Waals surface area contributed by atoms with E-state index in [9.17, 15) is 0 Å². The summed E-state index contributed by atoms with van der Waals surface area (Å²) in [5, 5.41) is 1.27. The van der Waals surface area contributed by atoms with Crippen molar-refractivity contribution in [3.05, 3.63) is 55.5 Å². The fourth-order valence-corrected chi connectivity index (χ4v) is 2.13. The summed E-state index contributed by atoms with van der Waals surface area (Å²) in [6.07, 6.45) is 0.492. The van der Waals surface area contributed by atoms with Crippen molar-refractivity contribution in [2.75, 3.05) is 0 Å². The largest absolute Gasteiger partial charge is 0.220 e. The molecule has 2 aromatic rings. The highest BCUT2D eigenvalue weighted by Gasteiger charge is 2.10. The highest BCUT2D eigenvalue weighted by atomic mass is 79.9. The first-order valence-electron chi connectivity index (χ1n) is 4.68. The Morgan fingerprint density at radius 2 is 1.59 bits per heavy atom. The van der Waals surface area contributed by atoms with Gasteiger partial charge in [0.2, 0.25) is 0 Å². The zero-order valence-corrected chi connectivity index (χ0v) is 12.3. The molecule has 2 rings (SSSR count). The normalized spacial score (nSPS) is 10.6. The number of halogens is 4. The van der Waals surface area contributed by atoms with Crippen molar-refractivity contribution in [2.24, 2.45) is 0 Å². The van der Waals surface area contributed by atoms with E-state index in [2.05, 4.69) is 25.9 Å². The summed E-state index contributed by atoms with van der Waals surface area (Å²) < 4.78 is 0.503. The van der Waals surface area contributed by atoms with Crippen LogP contribution < -0.4 is 0 Å². The van der Waals surface area contributed by atoms with Crippen molar-refractivity contribution in [3.8, 4) is 0 Å². The van der Waals surface area contributed by atoms with E-state index >= 15 is 0 Å². The molecule has 0 atom stereocenters. The lowest BCUT2D eigenvalue weighted by Gasteiger charge is -2.05. The number of rotatable bonds is 2. The topological polar surface area (TPSA) is 25.8 Å². The molecule has 2 nitrogen and oxygen atoms in total. The summed E-state index contributed by atoms with van der Waals surface area (Å²) in [6.45, 7) is 0. The molecular weight excluding hydrogens is 346 g/mol. The Morgan fingerprint density at radius 1 is 1.00 bits per heavy atom. The quantitative estimate of drug-likeness (QED) is 0.726. The fraction of sp³-hybridized carbons (Fsp3) is 0.0909. The maximum Gasteiger partial charge on any atom is 0.148 e. The maximum absolute atomic E-state index is 6.05. The zero-order chi connectivity index (χ0) is 12.4. The second kappa shape index (κ2) is 5.53. The number of nitrogens with zero attached hydrogens (tertiary/aromatic N) is 2. The molecule has 0 aliphatic rings. The summed E-state index contributed by atoms with van der Waals surface area (Å²) in [5.74, 6) is 0.538. The van der Waals surface area contributed by atoms with E-state index in [4.69, 9.17) is 34.8 Å². The number of hydrogen-bond donors (Lipinski definition) is 0. The first-order valence-corrected chi connectivity index (χ1v) is 6.61. The van der Waals surface area contributed by atoms with Gasteiger partial charge in [-0.25, -0.2) is 9.97 Å².